The van der Waals surface area contributed by atoms with Gasteiger partial charge in [0.2, 0.25) is 0 Å². The molecule has 0 spiro atoms. The van der Waals surface area contributed by atoms with Gasteiger partial charge in [-0.05, 0) is 0 Å². The van der Waals surface area contributed by atoms with Gasteiger partial charge in [-0.1, -0.05) is 19.6 Å². The lowest BCUT2D eigenvalue weighted by Gasteiger charge is -2.01. The van der Waals surface area contributed by atoms with E-state index in [4.69, 9.17) is 0 Å². The Morgan fingerprint density at radius 1 is 1.20 bits per heavy atom. The van der Waals surface area contributed by atoms with Crippen LogP contribution in [0, 0.1) is 0 Å². The first kappa shape index (κ1) is 5.43. The van der Waals surface area contributed by atoms with E-state index in [-0.39, 0.29) is 0 Å². The van der Waals surface area contributed by atoms with E-state index in [0.717, 1.165) is 0 Å². The Hall–Kier alpha value is 0.434. The highest BCUT2D eigenvalue weighted by Crippen LogP contribution is 1.87. The Morgan fingerprint density at radius 2 is 1.20 bits per heavy atom. The van der Waals surface area contributed by atoms with Gasteiger partial charge in [0.05, 0.1) is 0 Å². The van der Waals surface area contributed by atoms with Crippen molar-refractivity contribution in [1.29, 1.82) is 0 Å². The predicted octanol–water partition coefficient (Wildman–Crippen LogP) is 0.990. The van der Waals surface area contributed by atoms with Crippen LogP contribution in [0.25, 0.3) is 0 Å². The lowest BCUT2D eigenvalue weighted by molar-refractivity contribution is 1.87. The zero-order chi connectivity index (χ0) is 4.50. The Labute approximate surface area is 37.8 Å². The summed E-state index contributed by atoms with van der Waals surface area (Å²) in [6.45, 7) is 6.72. The molecule has 0 aromatic heterocycles. The van der Waals surface area contributed by atoms with Gasteiger partial charge in [0, 0.05) is 17.4 Å². The molecule has 0 aromatic rings. The topological polar surface area (TPSA) is 0 Å². The molecule has 0 nitrogen and oxygen atoms in total. The van der Waals surface area contributed by atoms with Crippen LogP contribution in [0.2, 0.25) is 19.6 Å². The maximum Gasteiger partial charge on any atom is 0.0290 e. The van der Waals surface area contributed by atoms with Crippen molar-refractivity contribution in [2.75, 3.05) is 0 Å². The molecule has 0 saturated carbocycles. The van der Waals surface area contributed by atoms with Gasteiger partial charge in [0.15, 0.2) is 0 Å². The van der Waals surface area contributed by atoms with Crippen molar-refractivity contribution in [2.45, 2.75) is 19.6 Å². The molecule has 29 valence electrons. The van der Waals surface area contributed by atoms with Gasteiger partial charge in [0.25, 0.3) is 0 Å². The highest BCUT2D eigenvalue weighted by atomic mass is 29.2. The minimum absolute atomic E-state index is 0.806. The third-order valence-electron chi connectivity index (χ3n) is 0. The van der Waals surface area contributed by atoms with Crippen LogP contribution in [0.3, 0.4) is 0 Å². The second-order valence-electron chi connectivity index (χ2n) is 2.25. The van der Waals surface area contributed by atoms with Gasteiger partial charge in [0.1, 0.15) is 0 Å². The van der Waals surface area contributed by atoms with Crippen molar-refractivity contribution in [2.24, 2.45) is 0 Å². The average Bonchev–Trinajstić information content (AvgIpc) is 0.722. The third kappa shape index (κ3) is 140. The minimum Gasteiger partial charge on any atom is -0.0721 e. The highest BCUT2D eigenvalue weighted by Gasteiger charge is 1.99. The van der Waals surface area contributed by atoms with Gasteiger partial charge >= 0.3 is 0 Å². The Morgan fingerprint density at radius 3 is 1.20 bits per heavy atom. The standard InChI is InChI=1S/C3H9Si2/c1-5(2,3)4/h1-3H3. The van der Waals surface area contributed by atoms with Crippen LogP contribution in [0.1, 0.15) is 0 Å². The molecular formula is C3H9Si2. The van der Waals surface area contributed by atoms with E-state index in [1.807, 2.05) is 0 Å². The maximum atomic E-state index is 3.56. The smallest absolute Gasteiger partial charge is 0.0290 e. The number of hydrogen-bond donors (Lipinski definition) is 0. The molecule has 0 amide bonds. The summed E-state index contributed by atoms with van der Waals surface area (Å²) in [5.74, 6) is 0. The summed E-state index contributed by atoms with van der Waals surface area (Å²) in [6.07, 6.45) is 0. The first-order valence-corrected chi connectivity index (χ1v) is 6.75. The van der Waals surface area contributed by atoms with E-state index in [1.165, 1.54) is 0 Å². The van der Waals surface area contributed by atoms with Gasteiger partial charge in [-0.25, -0.2) is 0 Å². The molecule has 0 bridgehead atoms. The second-order valence-corrected chi connectivity index (χ2v) is 11.2. The molecule has 0 aliphatic carbocycles. The van der Waals surface area contributed by atoms with Crippen molar-refractivity contribution in [1.82, 2.24) is 0 Å². The highest BCUT2D eigenvalue weighted by molar-refractivity contribution is 7.15. The van der Waals surface area contributed by atoms with Crippen molar-refractivity contribution < 1.29 is 0 Å². The van der Waals surface area contributed by atoms with Crippen LogP contribution >= 0.6 is 0 Å². The molecule has 0 aromatic carbocycles. The zero-order valence-corrected chi connectivity index (χ0v) is 6.00. The normalized spacial score (nSPS) is 12.0. The Bertz CT molecular complexity index is 20.4. The van der Waals surface area contributed by atoms with Gasteiger partial charge in [-0.15, -0.1) is 0 Å². The molecule has 5 heavy (non-hydrogen) atoms. The van der Waals surface area contributed by atoms with Crippen LogP contribution in [-0.2, 0) is 0 Å². The quantitative estimate of drug-likeness (QED) is 0.399. The third-order valence-corrected chi connectivity index (χ3v) is 0. The van der Waals surface area contributed by atoms with Crippen molar-refractivity contribution >= 4 is 17.4 Å². The summed E-state index contributed by atoms with van der Waals surface area (Å²) in [4.78, 5) is 0. The fourth-order valence-corrected chi connectivity index (χ4v) is 0. The minimum atomic E-state index is -0.806. The summed E-state index contributed by atoms with van der Waals surface area (Å²) in [6, 6.07) is 0. The van der Waals surface area contributed by atoms with Gasteiger partial charge in [-0.3, -0.25) is 0 Å². The van der Waals surface area contributed by atoms with Crippen LogP contribution < -0.4 is 0 Å². The molecule has 0 atom stereocenters. The summed E-state index contributed by atoms with van der Waals surface area (Å²) in [5.41, 5.74) is 0. The number of rotatable bonds is 0. The molecule has 0 N–H and O–H groups in total. The van der Waals surface area contributed by atoms with Crippen LogP contribution in [-0.4, -0.2) is 17.4 Å². The lowest BCUT2D eigenvalue weighted by Crippen LogP contribution is -2.18. The SMILES string of the molecule is C[Si](C)(C)[Si]. The molecule has 0 fully saturated rings. The lowest BCUT2D eigenvalue weighted by atomic mass is 11.8. The molecule has 0 rings (SSSR count). The molecule has 0 saturated heterocycles. The van der Waals surface area contributed by atoms with Crippen LogP contribution in [0.15, 0.2) is 0 Å². The Balaban J connectivity index is 3.02. The summed E-state index contributed by atoms with van der Waals surface area (Å²) in [5, 5.41) is 0. The first-order chi connectivity index (χ1) is 2.00. The van der Waals surface area contributed by atoms with E-state index in [9.17, 15) is 0 Å². The van der Waals surface area contributed by atoms with Gasteiger partial charge in [-0.2, -0.15) is 0 Å². The summed E-state index contributed by atoms with van der Waals surface area (Å²) in [7, 11) is 2.75. The second kappa shape index (κ2) is 1.26. The Kier molecular flexibility index (Phi) is 1.37. The van der Waals surface area contributed by atoms with Crippen molar-refractivity contribution in [3.63, 3.8) is 0 Å². The molecule has 3 radical (unpaired) electrons. The molecule has 0 aliphatic rings. The summed E-state index contributed by atoms with van der Waals surface area (Å²) < 4.78 is 0. The average molecular weight is 101 g/mol. The molecule has 2 heteroatoms. The molecule has 0 unspecified atom stereocenters. The van der Waals surface area contributed by atoms with Gasteiger partial charge < -0.3 is 0 Å². The molecular weight excluding hydrogens is 92.2 g/mol. The summed E-state index contributed by atoms with van der Waals surface area (Å²) >= 11 is 0. The number of hydrogen-bond acceptors (Lipinski definition) is 0. The maximum absolute atomic E-state index is 3.56. The fraction of sp³-hybridized carbons (Fsp3) is 1.00. The molecule has 0 aliphatic heterocycles. The van der Waals surface area contributed by atoms with Crippen LogP contribution in [0.5, 0.6) is 0 Å². The predicted molar refractivity (Wildman–Crippen MR) is 29.1 cm³/mol. The van der Waals surface area contributed by atoms with Crippen LogP contribution in [0.4, 0.5) is 0 Å². The van der Waals surface area contributed by atoms with E-state index >= 15 is 0 Å². The largest absolute Gasteiger partial charge is 0.0721 e. The first-order valence-electron chi connectivity index (χ1n) is 1.75. The fourth-order valence-electron chi connectivity index (χ4n) is 0. The monoisotopic (exact) mass is 101 g/mol. The van der Waals surface area contributed by atoms with E-state index in [0.29, 0.717) is 0 Å². The van der Waals surface area contributed by atoms with E-state index in [1.54, 1.807) is 0 Å². The van der Waals surface area contributed by atoms with E-state index < -0.39 is 7.59 Å². The van der Waals surface area contributed by atoms with E-state index in [2.05, 4.69) is 29.4 Å². The zero-order valence-electron chi connectivity index (χ0n) is 4.00. The van der Waals surface area contributed by atoms with Crippen molar-refractivity contribution in [3.05, 3.63) is 0 Å². The molecule has 0 heterocycles. The van der Waals surface area contributed by atoms with Crippen molar-refractivity contribution in [3.8, 4) is 0 Å².